The number of rotatable bonds is 5. The lowest BCUT2D eigenvalue weighted by Gasteiger charge is -2.09. The third-order valence-electron chi connectivity index (χ3n) is 3.49. The molecule has 1 saturated heterocycles. The Morgan fingerprint density at radius 3 is 3.05 bits per heavy atom. The Hall–Kier alpha value is -1.13. The number of hydrogen-bond acceptors (Lipinski definition) is 3. The molecular weight excluding hydrogens is 316 g/mol. The van der Waals surface area contributed by atoms with Crippen LogP contribution in [0.4, 0.5) is 0 Å². The van der Waals surface area contributed by atoms with E-state index in [2.05, 4.69) is 51.8 Å². The predicted molar refractivity (Wildman–Crippen MR) is 85.1 cm³/mol. The maximum atomic E-state index is 5.87. The van der Waals surface area contributed by atoms with Crippen LogP contribution in [-0.4, -0.2) is 35.6 Å². The second-order valence-corrected chi connectivity index (χ2v) is 6.74. The second-order valence-electron chi connectivity index (χ2n) is 5.82. The number of pyridine rings is 1. The summed E-state index contributed by atoms with van der Waals surface area (Å²) in [7, 11) is 0. The van der Waals surface area contributed by atoms with Crippen molar-refractivity contribution in [2.24, 2.45) is 5.92 Å². The summed E-state index contributed by atoms with van der Waals surface area (Å²) in [6, 6.07) is 8.72. The number of halogens is 1. The molecule has 2 heterocycles. The van der Waals surface area contributed by atoms with Crippen molar-refractivity contribution in [3.63, 3.8) is 0 Å². The van der Waals surface area contributed by atoms with E-state index >= 15 is 0 Å². The van der Waals surface area contributed by atoms with Crippen LogP contribution in [0.3, 0.4) is 0 Å². The number of aromatic nitrogens is 1. The molecule has 2 aromatic rings. The van der Waals surface area contributed by atoms with Crippen molar-refractivity contribution in [1.82, 2.24) is 9.88 Å². The van der Waals surface area contributed by atoms with Crippen molar-refractivity contribution in [2.45, 2.75) is 19.9 Å². The highest BCUT2D eigenvalue weighted by Gasteiger charge is 2.34. The number of nitrogens with zero attached hydrogens (tertiary/aromatic N) is 2. The maximum Gasteiger partial charge on any atom is 0.138 e. The van der Waals surface area contributed by atoms with Gasteiger partial charge in [0.1, 0.15) is 12.4 Å². The van der Waals surface area contributed by atoms with Gasteiger partial charge in [0.15, 0.2) is 0 Å². The minimum absolute atomic E-state index is 0.579. The predicted octanol–water partition coefficient (Wildman–Crippen LogP) is 3.72. The van der Waals surface area contributed by atoms with Gasteiger partial charge < -0.3 is 4.74 Å². The number of ether oxygens (including phenoxy) is 1. The van der Waals surface area contributed by atoms with Crippen LogP contribution < -0.4 is 4.74 Å². The van der Waals surface area contributed by atoms with Gasteiger partial charge in [0, 0.05) is 22.9 Å². The summed E-state index contributed by atoms with van der Waals surface area (Å²) in [5.74, 6) is 1.58. The van der Waals surface area contributed by atoms with Gasteiger partial charge in [-0.25, -0.2) is 0 Å². The van der Waals surface area contributed by atoms with Gasteiger partial charge in [-0.1, -0.05) is 29.8 Å². The summed E-state index contributed by atoms with van der Waals surface area (Å²) >= 11 is 3.48. The monoisotopic (exact) mass is 334 g/mol. The van der Waals surface area contributed by atoms with E-state index in [4.69, 9.17) is 4.74 Å². The van der Waals surface area contributed by atoms with Crippen molar-refractivity contribution in [2.75, 3.05) is 19.7 Å². The molecule has 0 aliphatic carbocycles. The molecular formula is C16H19BrN2O. The lowest BCUT2D eigenvalue weighted by Crippen LogP contribution is -2.14. The molecule has 1 aliphatic heterocycles. The van der Waals surface area contributed by atoms with Crippen molar-refractivity contribution in [3.8, 4) is 5.75 Å². The zero-order chi connectivity index (χ0) is 14.1. The number of benzene rings is 1. The summed E-state index contributed by atoms with van der Waals surface area (Å²) in [5.41, 5.74) is 0.994. The topological polar surface area (TPSA) is 25.1 Å². The Morgan fingerprint density at radius 2 is 2.25 bits per heavy atom. The first-order valence-electron chi connectivity index (χ1n) is 7.04. The number of fused-ring (bicyclic) bond motifs is 1. The lowest BCUT2D eigenvalue weighted by atomic mass is 10.2. The van der Waals surface area contributed by atoms with E-state index in [1.54, 1.807) is 0 Å². The average molecular weight is 335 g/mol. The minimum Gasteiger partial charge on any atom is -0.490 e. The molecule has 1 aromatic heterocycles. The molecule has 20 heavy (non-hydrogen) atoms. The molecule has 0 spiro atoms. The van der Waals surface area contributed by atoms with Crippen LogP contribution >= 0.6 is 15.9 Å². The molecule has 0 radical (unpaired) electrons. The quantitative estimate of drug-likeness (QED) is 0.779. The maximum absolute atomic E-state index is 5.87. The fourth-order valence-electron chi connectivity index (χ4n) is 2.43. The van der Waals surface area contributed by atoms with Gasteiger partial charge in [0.05, 0.1) is 17.8 Å². The summed E-state index contributed by atoms with van der Waals surface area (Å²) in [6.45, 7) is 7.58. The molecule has 4 heteroatoms. The molecule has 0 bridgehead atoms. The average Bonchev–Trinajstić information content (AvgIpc) is 3.13. The largest absolute Gasteiger partial charge is 0.490 e. The van der Waals surface area contributed by atoms with E-state index in [1.807, 2.05) is 18.3 Å². The first-order valence-corrected chi connectivity index (χ1v) is 7.83. The van der Waals surface area contributed by atoms with Crippen LogP contribution in [0.1, 0.15) is 13.8 Å². The Morgan fingerprint density at radius 1 is 1.40 bits per heavy atom. The summed E-state index contributed by atoms with van der Waals surface area (Å²) in [5, 5.41) is 1.10. The molecule has 106 valence electrons. The molecule has 0 amide bonds. The SMILES string of the molecule is CC(C)CN1CC1COc1cnc2ccc(Br)cc2c1. The smallest absolute Gasteiger partial charge is 0.138 e. The second kappa shape index (κ2) is 5.70. The summed E-state index contributed by atoms with van der Waals surface area (Å²) in [4.78, 5) is 6.88. The summed E-state index contributed by atoms with van der Waals surface area (Å²) in [6.07, 6.45) is 1.81. The molecule has 1 fully saturated rings. The number of hydrogen-bond donors (Lipinski definition) is 0. The Labute approximate surface area is 128 Å². The van der Waals surface area contributed by atoms with Crippen LogP contribution in [0.2, 0.25) is 0 Å². The van der Waals surface area contributed by atoms with Crippen molar-refractivity contribution in [1.29, 1.82) is 0 Å². The van der Waals surface area contributed by atoms with E-state index in [-0.39, 0.29) is 0 Å². The molecule has 3 nitrogen and oxygen atoms in total. The van der Waals surface area contributed by atoms with E-state index < -0.39 is 0 Å². The first-order chi connectivity index (χ1) is 9.61. The zero-order valence-corrected chi connectivity index (χ0v) is 13.4. The van der Waals surface area contributed by atoms with Crippen molar-refractivity contribution >= 4 is 26.8 Å². The Bertz CT molecular complexity index is 614. The highest BCUT2D eigenvalue weighted by atomic mass is 79.9. The van der Waals surface area contributed by atoms with Crippen molar-refractivity contribution in [3.05, 3.63) is 34.9 Å². The minimum atomic E-state index is 0.579. The highest BCUT2D eigenvalue weighted by molar-refractivity contribution is 9.10. The molecule has 1 aromatic carbocycles. The molecule has 2 unspecified atom stereocenters. The van der Waals surface area contributed by atoms with Gasteiger partial charge >= 0.3 is 0 Å². The van der Waals surface area contributed by atoms with Gasteiger partial charge in [-0.2, -0.15) is 0 Å². The molecule has 0 saturated carbocycles. The van der Waals surface area contributed by atoms with E-state index in [0.29, 0.717) is 6.04 Å². The third kappa shape index (κ3) is 3.30. The molecule has 1 aliphatic rings. The van der Waals surface area contributed by atoms with E-state index in [9.17, 15) is 0 Å². The van der Waals surface area contributed by atoms with Gasteiger partial charge in [0.2, 0.25) is 0 Å². The van der Waals surface area contributed by atoms with Crippen LogP contribution in [0.5, 0.6) is 5.75 Å². The van der Waals surface area contributed by atoms with Crippen LogP contribution in [0.15, 0.2) is 34.9 Å². The highest BCUT2D eigenvalue weighted by Crippen LogP contribution is 2.24. The normalized spacial score (nSPS) is 21.4. The standard InChI is InChI=1S/C16H19BrN2O/c1-11(2)8-19-9-14(19)10-20-15-6-12-5-13(17)3-4-16(12)18-7-15/h3-7,11,14H,8-10H2,1-2H3. The Kier molecular flexibility index (Phi) is 3.94. The zero-order valence-electron chi connectivity index (χ0n) is 11.8. The van der Waals surface area contributed by atoms with Gasteiger partial charge in [-0.3, -0.25) is 9.88 Å². The first kappa shape index (κ1) is 13.8. The van der Waals surface area contributed by atoms with Crippen LogP contribution in [0.25, 0.3) is 10.9 Å². The van der Waals surface area contributed by atoms with Crippen molar-refractivity contribution < 1.29 is 4.74 Å². The lowest BCUT2D eigenvalue weighted by molar-refractivity contribution is 0.287. The van der Waals surface area contributed by atoms with Crippen LogP contribution in [-0.2, 0) is 0 Å². The molecule has 0 N–H and O–H groups in total. The molecule has 3 rings (SSSR count). The molecule has 2 atom stereocenters. The fourth-order valence-corrected chi connectivity index (χ4v) is 2.81. The van der Waals surface area contributed by atoms with Gasteiger partial charge in [-0.05, 0) is 30.2 Å². The van der Waals surface area contributed by atoms with E-state index in [1.165, 1.54) is 0 Å². The van der Waals surface area contributed by atoms with Gasteiger partial charge in [-0.15, -0.1) is 0 Å². The van der Waals surface area contributed by atoms with Gasteiger partial charge in [0.25, 0.3) is 0 Å². The summed E-state index contributed by atoms with van der Waals surface area (Å²) < 4.78 is 6.93. The Balaban J connectivity index is 1.61. The third-order valence-corrected chi connectivity index (χ3v) is 3.98. The van der Waals surface area contributed by atoms with E-state index in [0.717, 1.165) is 46.7 Å². The fraction of sp³-hybridized carbons (Fsp3) is 0.438. The van der Waals surface area contributed by atoms with Crippen LogP contribution in [0, 0.1) is 5.92 Å².